The number of aromatic nitrogens is 2. The van der Waals surface area contributed by atoms with Crippen LogP contribution in [0, 0.1) is 0 Å². The second kappa shape index (κ2) is 5.53. The van der Waals surface area contributed by atoms with Crippen molar-refractivity contribution in [2.24, 2.45) is 0 Å². The number of aliphatic hydroxyl groups excluding tert-OH is 2. The minimum absolute atomic E-state index is 0.0700. The second-order valence-electron chi connectivity index (χ2n) is 5.06. The number of carbonyl (C=O) groups is 1. The van der Waals surface area contributed by atoms with E-state index >= 15 is 0 Å². The van der Waals surface area contributed by atoms with Gasteiger partial charge >= 0.3 is 5.69 Å². The molecule has 0 aromatic carbocycles. The Morgan fingerprint density at radius 3 is 2.76 bits per heavy atom. The number of amides is 1. The second-order valence-corrected chi connectivity index (χ2v) is 5.06. The van der Waals surface area contributed by atoms with E-state index in [1.54, 1.807) is 0 Å². The average Bonchev–Trinajstić information content (AvgIpc) is 2.61. The Kier molecular flexibility index (Phi) is 4.10. The van der Waals surface area contributed by atoms with Crippen molar-refractivity contribution >= 4 is 11.7 Å². The van der Waals surface area contributed by atoms with Crippen LogP contribution in [-0.2, 0) is 9.53 Å². The zero-order valence-electron chi connectivity index (χ0n) is 11.6. The molecule has 1 aliphatic heterocycles. The van der Waals surface area contributed by atoms with Crippen LogP contribution in [0.15, 0.2) is 17.1 Å². The molecule has 0 aliphatic carbocycles. The van der Waals surface area contributed by atoms with E-state index in [1.807, 2.05) is 0 Å². The Labute approximate surface area is 119 Å². The van der Waals surface area contributed by atoms with Gasteiger partial charge in [0.2, 0.25) is 5.91 Å². The third-order valence-corrected chi connectivity index (χ3v) is 3.32. The van der Waals surface area contributed by atoms with E-state index in [0.717, 1.165) is 4.57 Å². The summed E-state index contributed by atoms with van der Waals surface area (Å²) in [4.78, 5) is 26.5. The van der Waals surface area contributed by atoms with Crippen molar-refractivity contribution in [3.05, 3.63) is 22.7 Å². The van der Waals surface area contributed by atoms with E-state index in [1.165, 1.54) is 26.1 Å². The molecule has 1 aliphatic rings. The van der Waals surface area contributed by atoms with E-state index in [4.69, 9.17) is 9.84 Å². The maximum atomic E-state index is 12.0. The minimum atomic E-state index is -1.77. The molecule has 21 heavy (non-hydrogen) atoms. The molecule has 9 nitrogen and oxygen atoms in total. The van der Waals surface area contributed by atoms with Crippen molar-refractivity contribution in [3.8, 4) is 0 Å². The average molecular weight is 299 g/mol. The monoisotopic (exact) mass is 299 g/mol. The van der Waals surface area contributed by atoms with Crippen LogP contribution in [0.1, 0.15) is 20.1 Å². The maximum absolute atomic E-state index is 12.0. The van der Waals surface area contributed by atoms with Crippen LogP contribution >= 0.6 is 0 Å². The summed E-state index contributed by atoms with van der Waals surface area (Å²) in [6, 6.07) is 1.36. The molecule has 1 fully saturated rings. The highest BCUT2D eigenvalue weighted by atomic mass is 16.6. The number of hydrogen-bond donors (Lipinski definition) is 4. The number of aliphatic hydroxyl groups is 3. The normalized spacial score (nSPS) is 32.1. The summed E-state index contributed by atoms with van der Waals surface area (Å²) in [5.74, 6) is -0.305. The first kappa shape index (κ1) is 15.6. The highest BCUT2D eigenvalue weighted by Gasteiger charge is 2.53. The summed E-state index contributed by atoms with van der Waals surface area (Å²) in [6.07, 6.45) is -2.27. The molecule has 116 valence electrons. The highest BCUT2D eigenvalue weighted by Crippen LogP contribution is 2.37. The van der Waals surface area contributed by atoms with Gasteiger partial charge in [-0.3, -0.25) is 9.36 Å². The first-order chi connectivity index (χ1) is 9.77. The predicted octanol–water partition coefficient (Wildman–Crippen LogP) is -1.80. The van der Waals surface area contributed by atoms with Gasteiger partial charge in [-0.15, -0.1) is 0 Å². The van der Waals surface area contributed by atoms with Gasteiger partial charge in [-0.2, -0.15) is 4.98 Å². The minimum Gasteiger partial charge on any atom is -0.394 e. The fourth-order valence-corrected chi connectivity index (χ4v) is 2.23. The lowest BCUT2D eigenvalue weighted by atomic mass is 9.96. The number of hydrogen-bond acceptors (Lipinski definition) is 7. The van der Waals surface area contributed by atoms with Gasteiger partial charge in [0.25, 0.3) is 0 Å². The Hall–Kier alpha value is -1.81. The molecule has 9 heteroatoms. The Morgan fingerprint density at radius 1 is 1.62 bits per heavy atom. The molecule has 2 heterocycles. The number of anilines is 1. The standard InChI is InChI=1S/C12H17N3O6/c1-6(17)13-8-3-4-15(11(19)14-8)10-12(2,20)9(18)7(5-16)21-10/h3-4,7,9-10,16,18,20H,5H2,1-2H3,(H,13,14,17,19)/t7-,9-,10-,12+/m1/s1. The molecule has 0 saturated carbocycles. The molecule has 0 radical (unpaired) electrons. The van der Waals surface area contributed by atoms with Crippen LogP contribution in [0.4, 0.5) is 5.82 Å². The smallest absolute Gasteiger partial charge is 0.351 e. The van der Waals surface area contributed by atoms with Crippen LogP contribution < -0.4 is 11.0 Å². The topological polar surface area (TPSA) is 134 Å². The van der Waals surface area contributed by atoms with E-state index < -0.39 is 36.3 Å². The van der Waals surface area contributed by atoms with Gasteiger partial charge in [0.05, 0.1) is 6.61 Å². The lowest BCUT2D eigenvalue weighted by Gasteiger charge is -2.27. The number of nitrogens with one attached hydrogen (secondary N) is 1. The largest absolute Gasteiger partial charge is 0.394 e. The lowest BCUT2D eigenvalue weighted by Crippen LogP contribution is -2.46. The third-order valence-electron chi connectivity index (χ3n) is 3.32. The molecule has 1 amide bonds. The van der Waals surface area contributed by atoms with E-state index in [9.17, 15) is 19.8 Å². The zero-order valence-corrected chi connectivity index (χ0v) is 11.6. The Morgan fingerprint density at radius 2 is 2.29 bits per heavy atom. The van der Waals surface area contributed by atoms with Gasteiger partial charge in [0.1, 0.15) is 23.6 Å². The molecule has 0 bridgehead atoms. The van der Waals surface area contributed by atoms with Gasteiger partial charge < -0.3 is 25.4 Å². The van der Waals surface area contributed by atoms with Crippen molar-refractivity contribution in [1.82, 2.24) is 9.55 Å². The molecular formula is C12H17N3O6. The fraction of sp³-hybridized carbons (Fsp3) is 0.583. The quantitative estimate of drug-likeness (QED) is 0.517. The van der Waals surface area contributed by atoms with Gasteiger partial charge in [-0.25, -0.2) is 4.79 Å². The van der Waals surface area contributed by atoms with Crippen LogP contribution in [0.5, 0.6) is 0 Å². The van der Waals surface area contributed by atoms with Crippen molar-refractivity contribution in [1.29, 1.82) is 0 Å². The SMILES string of the molecule is CC(=O)Nc1ccn([C@@H]2O[C@H](CO)[C@@H](O)[C@]2(C)O)c(=O)n1. The number of carbonyl (C=O) groups excluding carboxylic acids is 1. The highest BCUT2D eigenvalue weighted by molar-refractivity contribution is 5.87. The zero-order chi connectivity index (χ0) is 15.8. The number of rotatable bonds is 3. The van der Waals surface area contributed by atoms with E-state index in [2.05, 4.69) is 10.3 Å². The fourth-order valence-electron chi connectivity index (χ4n) is 2.23. The van der Waals surface area contributed by atoms with E-state index in [0.29, 0.717) is 0 Å². The van der Waals surface area contributed by atoms with Gasteiger partial charge in [0.15, 0.2) is 6.23 Å². The molecule has 4 atom stereocenters. The van der Waals surface area contributed by atoms with Gasteiger partial charge in [-0.1, -0.05) is 0 Å². The first-order valence-electron chi connectivity index (χ1n) is 6.31. The summed E-state index contributed by atoms with van der Waals surface area (Å²) >= 11 is 0. The Bertz CT molecular complexity index is 599. The predicted molar refractivity (Wildman–Crippen MR) is 70.4 cm³/mol. The van der Waals surface area contributed by atoms with Gasteiger partial charge in [0, 0.05) is 13.1 Å². The first-order valence-corrected chi connectivity index (χ1v) is 6.31. The molecule has 0 spiro atoms. The number of nitrogens with zero attached hydrogens (tertiary/aromatic N) is 2. The Balaban J connectivity index is 2.34. The van der Waals surface area contributed by atoms with Crippen LogP contribution in [0.2, 0.25) is 0 Å². The summed E-state index contributed by atoms with van der Waals surface area (Å²) in [6.45, 7) is 2.08. The molecule has 2 rings (SSSR count). The van der Waals surface area contributed by atoms with Gasteiger partial charge in [-0.05, 0) is 13.0 Å². The molecular weight excluding hydrogens is 282 g/mol. The van der Waals surface area contributed by atoms with Crippen LogP contribution in [0.25, 0.3) is 0 Å². The van der Waals surface area contributed by atoms with Crippen molar-refractivity contribution in [3.63, 3.8) is 0 Å². The van der Waals surface area contributed by atoms with Crippen molar-refractivity contribution in [2.45, 2.75) is 37.9 Å². The van der Waals surface area contributed by atoms with E-state index in [-0.39, 0.29) is 11.7 Å². The lowest BCUT2D eigenvalue weighted by molar-refractivity contribution is -0.114. The molecule has 1 aromatic heterocycles. The maximum Gasteiger partial charge on any atom is 0.351 e. The van der Waals surface area contributed by atoms with Crippen LogP contribution in [-0.4, -0.2) is 55.2 Å². The van der Waals surface area contributed by atoms with Crippen molar-refractivity contribution < 1.29 is 24.9 Å². The molecule has 4 N–H and O–H groups in total. The molecule has 1 saturated heterocycles. The summed E-state index contributed by atoms with van der Waals surface area (Å²) in [7, 11) is 0. The number of ether oxygens (including phenoxy) is 1. The summed E-state index contributed by atoms with van der Waals surface area (Å²) in [5, 5.41) is 31.6. The molecule has 1 aromatic rings. The summed E-state index contributed by atoms with van der Waals surface area (Å²) in [5.41, 5.74) is -2.54. The molecule has 0 unspecified atom stereocenters. The van der Waals surface area contributed by atoms with Crippen molar-refractivity contribution in [2.75, 3.05) is 11.9 Å². The third kappa shape index (κ3) is 2.81. The summed E-state index contributed by atoms with van der Waals surface area (Å²) < 4.78 is 6.30. The van der Waals surface area contributed by atoms with Crippen LogP contribution in [0.3, 0.4) is 0 Å².